The van der Waals surface area contributed by atoms with Gasteiger partial charge in [-0.25, -0.2) is 0 Å². The van der Waals surface area contributed by atoms with E-state index in [1.54, 1.807) is 6.07 Å². The van der Waals surface area contributed by atoms with Gasteiger partial charge in [0.15, 0.2) is 0 Å². The maximum absolute atomic E-state index is 12.6. The highest BCUT2D eigenvalue weighted by molar-refractivity contribution is 5.75. The molecule has 1 amide bonds. The average molecular weight is 300 g/mol. The van der Waals surface area contributed by atoms with E-state index >= 15 is 0 Å². The third-order valence-electron chi connectivity index (χ3n) is 3.63. The van der Waals surface area contributed by atoms with Gasteiger partial charge in [-0.05, 0) is 43.5 Å². The lowest BCUT2D eigenvalue weighted by atomic mass is 10.1. The second-order valence-electron chi connectivity index (χ2n) is 5.31. The number of carbonyl (C=O) groups is 1. The van der Waals surface area contributed by atoms with Crippen LogP contribution in [0.2, 0.25) is 0 Å². The van der Waals surface area contributed by atoms with Crippen LogP contribution in [0.1, 0.15) is 36.8 Å². The number of benzene rings is 1. The Morgan fingerprint density at radius 1 is 1.38 bits per heavy atom. The van der Waals surface area contributed by atoms with E-state index in [4.69, 9.17) is 0 Å². The lowest BCUT2D eigenvalue weighted by Gasteiger charge is -2.11. The summed E-state index contributed by atoms with van der Waals surface area (Å²) in [6, 6.07) is 5.42. The van der Waals surface area contributed by atoms with Crippen LogP contribution in [-0.2, 0) is 17.5 Å². The highest BCUT2D eigenvalue weighted by Crippen LogP contribution is 2.29. The number of rotatable bonds is 5. The minimum atomic E-state index is -4.35. The van der Waals surface area contributed by atoms with Crippen LogP contribution in [0, 0.1) is 0 Å². The van der Waals surface area contributed by atoms with Crippen LogP contribution in [0.4, 0.5) is 13.2 Å². The van der Waals surface area contributed by atoms with Crippen molar-refractivity contribution < 1.29 is 18.0 Å². The Morgan fingerprint density at radius 3 is 2.86 bits per heavy atom. The Bertz CT molecular complexity index is 482. The summed E-state index contributed by atoms with van der Waals surface area (Å²) in [6.45, 7) is 1.12. The van der Waals surface area contributed by atoms with Gasteiger partial charge >= 0.3 is 6.18 Å². The van der Waals surface area contributed by atoms with Crippen molar-refractivity contribution in [2.45, 2.75) is 44.4 Å². The van der Waals surface area contributed by atoms with Crippen molar-refractivity contribution >= 4 is 5.91 Å². The van der Waals surface area contributed by atoms with Gasteiger partial charge in [-0.1, -0.05) is 12.1 Å². The Morgan fingerprint density at radius 2 is 2.19 bits per heavy atom. The van der Waals surface area contributed by atoms with E-state index in [9.17, 15) is 18.0 Å². The van der Waals surface area contributed by atoms with Crippen LogP contribution in [0.25, 0.3) is 0 Å². The number of amides is 1. The topological polar surface area (TPSA) is 41.1 Å². The molecule has 1 unspecified atom stereocenters. The molecule has 2 rings (SSSR count). The van der Waals surface area contributed by atoms with Crippen molar-refractivity contribution in [2.75, 3.05) is 6.54 Å². The molecule has 1 heterocycles. The predicted octanol–water partition coefficient (Wildman–Crippen LogP) is 2.85. The quantitative estimate of drug-likeness (QED) is 0.878. The van der Waals surface area contributed by atoms with Crippen molar-refractivity contribution in [2.24, 2.45) is 0 Å². The largest absolute Gasteiger partial charge is 0.416 e. The van der Waals surface area contributed by atoms with Crippen LogP contribution >= 0.6 is 0 Å². The summed E-state index contributed by atoms with van der Waals surface area (Å²) in [5.74, 6) is -0.124. The predicted molar refractivity (Wildman–Crippen MR) is 73.5 cm³/mol. The number of alkyl halides is 3. The minimum absolute atomic E-state index is 0.124. The monoisotopic (exact) mass is 300 g/mol. The van der Waals surface area contributed by atoms with Gasteiger partial charge in [-0.2, -0.15) is 13.2 Å². The van der Waals surface area contributed by atoms with Crippen LogP contribution < -0.4 is 10.6 Å². The zero-order chi connectivity index (χ0) is 15.3. The zero-order valence-corrected chi connectivity index (χ0v) is 11.7. The molecule has 116 valence electrons. The van der Waals surface area contributed by atoms with Gasteiger partial charge in [0, 0.05) is 19.0 Å². The van der Waals surface area contributed by atoms with Crippen molar-refractivity contribution in [3.8, 4) is 0 Å². The van der Waals surface area contributed by atoms with E-state index in [0.29, 0.717) is 18.0 Å². The zero-order valence-electron chi connectivity index (χ0n) is 11.7. The SMILES string of the molecule is O=C(CCC1CCCN1)NCc1cccc(C(F)(F)F)c1. The van der Waals surface area contributed by atoms with Gasteiger partial charge < -0.3 is 10.6 Å². The smallest absolute Gasteiger partial charge is 0.352 e. The van der Waals surface area contributed by atoms with Crippen LogP contribution in [0.3, 0.4) is 0 Å². The average Bonchev–Trinajstić information content (AvgIpc) is 2.95. The molecular formula is C15H19F3N2O. The molecule has 0 saturated carbocycles. The molecule has 0 radical (unpaired) electrons. The molecule has 0 bridgehead atoms. The summed E-state index contributed by atoms with van der Waals surface area (Å²) in [6.07, 6.45) is -0.962. The number of carbonyl (C=O) groups excluding carboxylic acids is 1. The van der Waals surface area contributed by atoms with E-state index in [1.807, 2.05) is 0 Å². The molecule has 0 aromatic heterocycles. The first-order valence-electron chi connectivity index (χ1n) is 7.11. The van der Waals surface area contributed by atoms with E-state index < -0.39 is 11.7 Å². The van der Waals surface area contributed by atoms with Gasteiger partial charge in [0.2, 0.25) is 5.91 Å². The summed E-state index contributed by atoms with van der Waals surface area (Å²) < 4.78 is 37.7. The summed E-state index contributed by atoms with van der Waals surface area (Å²) in [4.78, 5) is 11.7. The lowest BCUT2D eigenvalue weighted by molar-refractivity contribution is -0.137. The van der Waals surface area contributed by atoms with Crippen LogP contribution in [0.15, 0.2) is 24.3 Å². The maximum atomic E-state index is 12.6. The fourth-order valence-electron chi connectivity index (χ4n) is 2.46. The molecule has 2 N–H and O–H groups in total. The molecule has 6 heteroatoms. The molecule has 1 aliphatic rings. The Labute approximate surface area is 121 Å². The maximum Gasteiger partial charge on any atom is 0.416 e. The first kappa shape index (κ1) is 15.8. The second-order valence-corrected chi connectivity index (χ2v) is 5.31. The van der Waals surface area contributed by atoms with Crippen molar-refractivity contribution in [1.82, 2.24) is 10.6 Å². The number of nitrogens with one attached hydrogen (secondary N) is 2. The van der Waals surface area contributed by atoms with Gasteiger partial charge in [0.1, 0.15) is 0 Å². The van der Waals surface area contributed by atoms with Crippen LogP contribution in [-0.4, -0.2) is 18.5 Å². The molecule has 21 heavy (non-hydrogen) atoms. The van der Waals surface area contributed by atoms with Gasteiger partial charge in [-0.15, -0.1) is 0 Å². The molecule has 0 spiro atoms. The molecule has 1 aromatic rings. The van der Waals surface area contributed by atoms with Gasteiger partial charge in [-0.3, -0.25) is 4.79 Å². The molecule has 1 fully saturated rings. The van der Waals surface area contributed by atoms with Crippen molar-refractivity contribution in [3.63, 3.8) is 0 Å². The molecule has 1 atom stereocenters. The molecule has 1 saturated heterocycles. The van der Waals surface area contributed by atoms with Gasteiger partial charge in [0.25, 0.3) is 0 Å². The Kier molecular flexibility index (Phi) is 5.22. The molecule has 3 nitrogen and oxygen atoms in total. The summed E-state index contributed by atoms with van der Waals surface area (Å²) in [5, 5.41) is 5.97. The molecular weight excluding hydrogens is 281 g/mol. The van der Waals surface area contributed by atoms with E-state index in [2.05, 4.69) is 10.6 Å². The van der Waals surface area contributed by atoms with Crippen molar-refractivity contribution in [3.05, 3.63) is 35.4 Å². The number of hydrogen-bond donors (Lipinski definition) is 2. The first-order valence-corrected chi connectivity index (χ1v) is 7.11. The number of hydrogen-bond acceptors (Lipinski definition) is 2. The Hall–Kier alpha value is -1.56. The lowest BCUT2D eigenvalue weighted by Crippen LogP contribution is -2.27. The summed E-state index contributed by atoms with van der Waals surface area (Å²) >= 11 is 0. The number of halogens is 3. The fourth-order valence-corrected chi connectivity index (χ4v) is 2.46. The Balaban J connectivity index is 1.78. The van der Waals surface area contributed by atoms with E-state index in [1.165, 1.54) is 6.07 Å². The van der Waals surface area contributed by atoms with E-state index in [0.717, 1.165) is 37.9 Å². The summed E-state index contributed by atoms with van der Waals surface area (Å²) in [7, 11) is 0. The standard InChI is InChI=1S/C15H19F3N2O/c16-15(17,18)12-4-1-3-11(9-12)10-20-14(21)7-6-13-5-2-8-19-13/h1,3-4,9,13,19H,2,5-8,10H2,(H,20,21). The van der Waals surface area contributed by atoms with Crippen LogP contribution in [0.5, 0.6) is 0 Å². The third-order valence-corrected chi connectivity index (χ3v) is 3.63. The molecule has 0 aliphatic carbocycles. The summed E-state index contributed by atoms with van der Waals surface area (Å²) in [5.41, 5.74) is -0.235. The van der Waals surface area contributed by atoms with Gasteiger partial charge in [0.05, 0.1) is 5.56 Å². The second kappa shape index (κ2) is 6.93. The van der Waals surface area contributed by atoms with Crippen molar-refractivity contribution in [1.29, 1.82) is 0 Å². The molecule has 1 aromatic carbocycles. The highest BCUT2D eigenvalue weighted by Gasteiger charge is 2.30. The fraction of sp³-hybridized carbons (Fsp3) is 0.533. The molecule has 1 aliphatic heterocycles. The van der Waals surface area contributed by atoms with E-state index in [-0.39, 0.29) is 12.5 Å². The highest BCUT2D eigenvalue weighted by atomic mass is 19.4. The minimum Gasteiger partial charge on any atom is -0.352 e. The first-order chi connectivity index (χ1) is 9.95. The normalized spacial score (nSPS) is 18.7. The third kappa shape index (κ3) is 5.04.